The van der Waals surface area contributed by atoms with Gasteiger partial charge in [-0.05, 0) is 41.1 Å². The molecule has 0 radical (unpaired) electrons. The molecule has 27 heavy (non-hydrogen) atoms. The van der Waals surface area contributed by atoms with Crippen molar-refractivity contribution in [2.24, 2.45) is 9.98 Å². The zero-order valence-corrected chi connectivity index (χ0v) is 15.2. The van der Waals surface area contributed by atoms with Crippen molar-refractivity contribution in [2.75, 3.05) is 0 Å². The normalized spacial score (nSPS) is 10.2. The molecule has 0 saturated heterocycles. The summed E-state index contributed by atoms with van der Waals surface area (Å²) < 4.78 is 11.4. The SMILES string of the molecule is N#COc1ccc(N=Cc2ccc(C=Nc3cc[c-]cc3)cc2)cc1.[N]#[Co]. The average Bonchev–Trinajstić information content (AvgIpc) is 2.75. The second-order valence-electron chi connectivity index (χ2n) is 5.13. The van der Waals surface area contributed by atoms with E-state index in [4.69, 9.17) is 14.2 Å². The zero-order chi connectivity index (χ0) is 19.3. The Balaban J connectivity index is 0.00000126. The van der Waals surface area contributed by atoms with Crippen LogP contribution in [0.2, 0.25) is 0 Å². The Hall–Kier alpha value is -3.49. The summed E-state index contributed by atoms with van der Waals surface area (Å²) in [6.45, 7) is 0. The molecule has 134 valence electrons. The predicted molar refractivity (Wildman–Crippen MR) is 101 cm³/mol. The van der Waals surface area contributed by atoms with Crippen LogP contribution < -0.4 is 4.74 Å². The van der Waals surface area contributed by atoms with Crippen LogP contribution in [-0.2, 0) is 15.4 Å². The van der Waals surface area contributed by atoms with Crippen LogP contribution >= 0.6 is 0 Å². The predicted octanol–water partition coefficient (Wildman–Crippen LogP) is 4.86. The molecular formula is C21H14CoN4O-. The van der Waals surface area contributed by atoms with Gasteiger partial charge in [0.15, 0.2) is 0 Å². The van der Waals surface area contributed by atoms with Crippen molar-refractivity contribution in [1.82, 2.24) is 0 Å². The molecule has 0 aromatic heterocycles. The van der Waals surface area contributed by atoms with Crippen molar-refractivity contribution in [2.45, 2.75) is 0 Å². The molecule has 0 fully saturated rings. The summed E-state index contributed by atoms with van der Waals surface area (Å²) in [6, 6.07) is 25.4. The third-order valence-corrected chi connectivity index (χ3v) is 3.36. The Morgan fingerprint density at radius 1 is 0.778 bits per heavy atom. The fourth-order valence-electron chi connectivity index (χ4n) is 2.08. The van der Waals surface area contributed by atoms with Crippen molar-refractivity contribution < 1.29 is 20.1 Å². The molecule has 0 aliphatic carbocycles. The first kappa shape index (κ1) is 19.8. The van der Waals surface area contributed by atoms with Crippen LogP contribution in [0.25, 0.3) is 0 Å². The number of nitrogens with zero attached hydrogens (tertiary/aromatic N) is 4. The van der Waals surface area contributed by atoms with Crippen molar-refractivity contribution in [3.63, 3.8) is 0 Å². The topological polar surface area (TPSA) is 81.5 Å². The van der Waals surface area contributed by atoms with E-state index in [2.05, 4.69) is 31.4 Å². The second-order valence-corrected chi connectivity index (χ2v) is 5.13. The summed E-state index contributed by atoms with van der Waals surface area (Å²) in [5, 5.41) is 8.45. The van der Waals surface area contributed by atoms with Crippen LogP contribution in [0.5, 0.6) is 5.75 Å². The molecule has 0 atom stereocenters. The summed E-state index contributed by atoms with van der Waals surface area (Å²) in [5.74, 6) is 0.501. The molecular weight excluding hydrogens is 383 g/mol. The summed E-state index contributed by atoms with van der Waals surface area (Å²) >= 11 is 2.56. The third-order valence-electron chi connectivity index (χ3n) is 3.36. The number of hydrogen-bond donors (Lipinski definition) is 0. The molecule has 0 aliphatic rings. The van der Waals surface area contributed by atoms with Gasteiger partial charge >= 0.3 is 19.6 Å². The number of ether oxygens (including phenoxy) is 1. The maximum atomic E-state index is 8.45. The van der Waals surface area contributed by atoms with E-state index < -0.39 is 0 Å². The molecule has 0 heterocycles. The molecule has 5 nitrogen and oxygen atoms in total. The van der Waals surface area contributed by atoms with Gasteiger partial charge in [0.1, 0.15) is 5.75 Å². The van der Waals surface area contributed by atoms with Gasteiger partial charge in [0.2, 0.25) is 0 Å². The molecule has 0 N–H and O–H groups in total. The van der Waals surface area contributed by atoms with Crippen molar-refractivity contribution in [3.05, 3.63) is 90.0 Å². The zero-order valence-electron chi connectivity index (χ0n) is 14.1. The van der Waals surface area contributed by atoms with Gasteiger partial charge in [-0.2, -0.15) is 18.2 Å². The van der Waals surface area contributed by atoms with Crippen LogP contribution in [0.4, 0.5) is 11.4 Å². The van der Waals surface area contributed by atoms with E-state index in [0.717, 1.165) is 22.5 Å². The second kappa shape index (κ2) is 11.2. The minimum atomic E-state index is 0.501. The number of nitriles is 1. The number of aliphatic imine (C=N–C) groups is 2. The maximum absolute atomic E-state index is 8.45. The van der Waals surface area contributed by atoms with Crippen LogP contribution in [0.15, 0.2) is 82.8 Å². The molecule has 0 bridgehead atoms. The van der Waals surface area contributed by atoms with E-state index in [1.165, 1.54) is 0 Å². The molecule has 0 spiro atoms. The molecule has 0 unspecified atom stereocenters. The van der Waals surface area contributed by atoms with E-state index >= 15 is 0 Å². The van der Waals surface area contributed by atoms with Gasteiger partial charge in [-0.25, -0.2) is 0 Å². The van der Waals surface area contributed by atoms with Gasteiger partial charge in [-0.1, -0.05) is 24.3 Å². The standard InChI is InChI=1S/C21H14N3O.Co.N/c22-16-25-21-12-10-20(11-13-21)24-15-18-8-6-17(7-9-18)14-23-19-4-2-1-3-5-19;;/h2-15H;;/q-1;;. The fraction of sp³-hybridized carbons (Fsp3) is 0. The summed E-state index contributed by atoms with van der Waals surface area (Å²) in [6.07, 6.45) is 5.25. The summed E-state index contributed by atoms with van der Waals surface area (Å²) in [7, 11) is 0. The molecule has 3 aromatic rings. The first-order chi connectivity index (χ1) is 13.3. The molecule has 0 saturated carbocycles. The first-order valence-corrected chi connectivity index (χ1v) is 8.25. The van der Waals surface area contributed by atoms with Gasteiger partial charge < -0.3 is 4.74 Å². The Bertz CT molecular complexity index is 957. The van der Waals surface area contributed by atoms with E-state index in [0.29, 0.717) is 5.75 Å². The van der Waals surface area contributed by atoms with Gasteiger partial charge in [0.05, 0.1) is 5.69 Å². The van der Waals surface area contributed by atoms with E-state index in [9.17, 15) is 0 Å². The van der Waals surface area contributed by atoms with Gasteiger partial charge in [-0.3, -0.25) is 9.98 Å². The van der Waals surface area contributed by atoms with Crippen LogP contribution in [-0.4, -0.2) is 12.4 Å². The van der Waals surface area contributed by atoms with E-state index in [-0.39, 0.29) is 0 Å². The molecule has 0 aliphatic heterocycles. The number of benzene rings is 3. The Morgan fingerprint density at radius 2 is 1.26 bits per heavy atom. The van der Waals surface area contributed by atoms with Crippen LogP contribution in [0.3, 0.4) is 0 Å². The van der Waals surface area contributed by atoms with Crippen LogP contribution in [0, 0.1) is 21.8 Å². The minimum absolute atomic E-state index is 0.501. The van der Waals surface area contributed by atoms with Gasteiger partial charge in [0.25, 0.3) is 6.26 Å². The van der Waals surface area contributed by atoms with E-state index in [1.807, 2.05) is 54.7 Å². The average molecular weight is 397 g/mol. The Morgan fingerprint density at radius 3 is 1.74 bits per heavy atom. The van der Waals surface area contributed by atoms with Crippen molar-refractivity contribution in [1.29, 1.82) is 9.50 Å². The van der Waals surface area contributed by atoms with Gasteiger partial charge in [-0.15, -0.1) is 17.4 Å². The fourth-order valence-corrected chi connectivity index (χ4v) is 2.08. The number of hydrogen-bond acceptors (Lipinski definition) is 5. The Labute approximate surface area is 165 Å². The van der Waals surface area contributed by atoms with Crippen LogP contribution in [0.1, 0.15) is 11.1 Å². The molecule has 6 heteroatoms. The van der Waals surface area contributed by atoms with Gasteiger partial charge in [0, 0.05) is 12.4 Å². The van der Waals surface area contributed by atoms with Crippen molar-refractivity contribution in [3.8, 4) is 12.0 Å². The van der Waals surface area contributed by atoms with Crippen molar-refractivity contribution >= 4 is 23.8 Å². The number of rotatable bonds is 5. The molecule has 3 rings (SSSR count). The monoisotopic (exact) mass is 397 g/mol. The van der Waals surface area contributed by atoms with E-state index in [1.54, 1.807) is 36.7 Å². The first-order valence-electron chi connectivity index (χ1n) is 7.79. The summed E-state index contributed by atoms with van der Waals surface area (Å²) in [5.41, 5.74) is 3.69. The Kier molecular flexibility index (Phi) is 8.21. The summed E-state index contributed by atoms with van der Waals surface area (Å²) in [4.78, 5) is 8.81. The molecule has 0 amide bonds. The third kappa shape index (κ3) is 6.73. The quantitative estimate of drug-likeness (QED) is 0.350. The molecule has 3 aromatic carbocycles.